The van der Waals surface area contributed by atoms with Crippen LogP contribution in [0.3, 0.4) is 0 Å². The number of amides is 1. The third kappa shape index (κ3) is 6.47. The number of aromatic carboxylic acids is 1. The van der Waals surface area contributed by atoms with E-state index in [9.17, 15) is 9.59 Å². The Morgan fingerprint density at radius 3 is 2.00 bits per heavy atom. The van der Waals surface area contributed by atoms with Gasteiger partial charge in [-0.2, -0.15) is 0 Å². The average molecular weight is 356 g/mol. The zero-order valence-corrected chi connectivity index (χ0v) is 15.2. The SMILES string of the molecule is CC(C)(C)OC(=O)NCc1ccc(NCc2ccc(C(=O)O)cc2)cc1. The standard InChI is InChI=1S/C20H24N2O4/c1-20(2,3)26-19(25)22-13-15-6-10-17(11-7-15)21-12-14-4-8-16(9-5-14)18(23)24/h4-11,21H,12-13H2,1-3H3,(H,22,25)(H,23,24). The summed E-state index contributed by atoms with van der Waals surface area (Å²) >= 11 is 0. The zero-order valence-electron chi connectivity index (χ0n) is 15.2. The van der Waals surface area contributed by atoms with Gasteiger partial charge < -0.3 is 20.5 Å². The van der Waals surface area contributed by atoms with Crippen molar-refractivity contribution >= 4 is 17.7 Å². The molecule has 0 spiro atoms. The highest BCUT2D eigenvalue weighted by Gasteiger charge is 2.15. The molecule has 6 heteroatoms. The molecular formula is C20H24N2O4. The maximum absolute atomic E-state index is 11.6. The Balaban J connectivity index is 1.81. The number of benzene rings is 2. The van der Waals surface area contributed by atoms with Crippen LogP contribution in [0.4, 0.5) is 10.5 Å². The maximum atomic E-state index is 11.6. The van der Waals surface area contributed by atoms with Crippen LogP contribution in [0, 0.1) is 0 Å². The summed E-state index contributed by atoms with van der Waals surface area (Å²) in [6.45, 7) is 6.45. The molecule has 0 saturated heterocycles. The minimum atomic E-state index is -0.930. The quantitative estimate of drug-likeness (QED) is 0.727. The Morgan fingerprint density at radius 1 is 0.923 bits per heavy atom. The minimum absolute atomic E-state index is 0.274. The molecule has 0 aromatic heterocycles. The number of ether oxygens (including phenoxy) is 1. The molecule has 2 aromatic rings. The Bertz CT molecular complexity index is 747. The highest BCUT2D eigenvalue weighted by atomic mass is 16.6. The predicted octanol–water partition coefficient (Wildman–Crippen LogP) is 4.02. The summed E-state index contributed by atoms with van der Waals surface area (Å²) in [6.07, 6.45) is -0.440. The Hall–Kier alpha value is -3.02. The number of hydrogen-bond acceptors (Lipinski definition) is 4. The fourth-order valence-corrected chi connectivity index (χ4v) is 2.20. The summed E-state index contributed by atoms with van der Waals surface area (Å²) < 4.78 is 5.19. The van der Waals surface area contributed by atoms with Crippen LogP contribution in [0.2, 0.25) is 0 Å². The first-order valence-electron chi connectivity index (χ1n) is 8.35. The molecule has 0 fully saturated rings. The number of carboxylic acids is 1. The van der Waals surface area contributed by atoms with Gasteiger partial charge in [0.25, 0.3) is 0 Å². The first-order chi connectivity index (χ1) is 12.2. The second-order valence-corrected chi connectivity index (χ2v) is 6.91. The summed E-state index contributed by atoms with van der Waals surface area (Å²) in [5.74, 6) is -0.930. The summed E-state index contributed by atoms with van der Waals surface area (Å²) in [5.41, 5.74) is 2.65. The van der Waals surface area contributed by atoms with Crippen LogP contribution in [-0.2, 0) is 17.8 Å². The van der Waals surface area contributed by atoms with Gasteiger partial charge in [-0.1, -0.05) is 24.3 Å². The van der Waals surface area contributed by atoms with Gasteiger partial charge in [-0.3, -0.25) is 0 Å². The van der Waals surface area contributed by atoms with Gasteiger partial charge in [-0.05, 0) is 56.2 Å². The lowest BCUT2D eigenvalue weighted by atomic mass is 10.1. The monoisotopic (exact) mass is 356 g/mol. The lowest BCUT2D eigenvalue weighted by molar-refractivity contribution is 0.0523. The van der Waals surface area contributed by atoms with Crippen LogP contribution < -0.4 is 10.6 Å². The van der Waals surface area contributed by atoms with Gasteiger partial charge in [0.15, 0.2) is 0 Å². The lowest BCUT2D eigenvalue weighted by Crippen LogP contribution is -2.32. The smallest absolute Gasteiger partial charge is 0.407 e. The van der Waals surface area contributed by atoms with E-state index in [0.29, 0.717) is 13.1 Å². The average Bonchev–Trinajstić information content (AvgIpc) is 2.58. The van der Waals surface area contributed by atoms with E-state index in [1.54, 1.807) is 24.3 Å². The van der Waals surface area contributed by atoms with Crippen molar-refractivity contribution < 1.29 is 19.4 Å². The van der Waals surface area contributed by atoms with Crippen molar-refractivity contribution in [2.45, 2.75) is 39.5 Å². The first-order valence-corrected chi connectivity index (χ1v) is 8.35. The van der Waals surface area contributed by atoms with E-state index in [1.807, 2.05) is 45.0 Å². The second-order valence-electron chi connectivity index (χ2n) is 6.91. The van der Waals surface area contributed by atoms with Gasteiger partial charge >= 0.3 is 12.1 Å². The Labute approximate surface area is 153 Å². The van der Waals surface area contributed by atoms with Crippen LogP contribution in [0.5, 0.6) is 0 Å². The van der Waals surface area contributed by atoms with E-state index in [2.05, 4.69) is 10.6 Å². The molecule has 0 unspecified atom stereocenters. The van der Waals surface area contributed by atoms with Gasteiger partial charge in [0.05, 0.1) is 5.56 Å². The summed E-state index contributed by atoms with van der Waals surface area (Å²) in [5, 5.41) is 14.9. The molecule has 0 heterocycles. The van der Waals surface area contributed by atoms with Crippen LogP contribution in [-0.4, -0.2) is 22.8 Å². The number of nitrogens with one attached hydrogen (secondary N) is 2. The number of anilines is 1. The maximum Gasteiger partial charge on any atom is 0.407 e. The fourth-order valence-electron chi connectivity index (χ4n) is 2.20. The van der Waals surface area contributed by atoms with Gasteiger partial charge in [0.1, 0.15) is 5.60 Å². The summed E-state index contributed by atoms with van der Waals surface area (Å²) in [6, 6.07) is 14.5. The van der Waals surface area contributed by atoms with Crippen LogP contribution in [0.25, 0.3) is 0 Å². The fraction of sp³-hybridized carbons (Fsp3) is 0.300. The summed E-state index contributed by atoms with van der Waals surface area (Å²) in [7, 11) is 0. The normalized spacial score (nSPS) is 10.9. The number of carbonyl (C=O) groups is 2. The van der Waals surface area contributed by atoms with Gasteiger partial charge in [-0.15, -0.1) is 0 Å². The molecule has 138 valence electrons. The molecule has 0 aliphatic heterocycles. The molecule has 2 aromatic carbocycles. The van der Waals surface area contributed by atoms with E-state index in [0.717, 1.165) is 16.8 Å². The number of carboxylic acid groups (broad SMARTS) is 1. The molecular weight excluding hydrogens is 332 g/mol. The molecule has 0 saturated carbocycles. The largest absolute Gasteiger partial charge is 0.478 e. The zero-order chi connectivity index (χ0) is 19.2. The minimum Gasteiger partial charge on any atom is -0.478 e. The number of hydrogen-bond donors (Lipinski definition) is 3. The van der Waals surface area contributed by atoms with E-state index < -0.39 is 17.7 Å². The van der Waals surface area contributed by atoms with Crippen molar-refractivity contribution in [2.24, 2.45) is 0 Å². The second kappa shape index (κ2) is 8.38. The Kier molecular flexibility index (Phi) is 6.22. The number of alkyl carbamates (subject to hydrolysis) is 1. The van der Waals surface area contributed by atoms with Gasteiger partial charge in [0, 0.05) is 18.8 Å². The molecule has 6 nitrogen and oxygen atoms in total. The van der Waals surface area contributed by atoms with Crippen LogP contribution in [0.1, 0.15) is 42.3 Å². The van der Waals surface area contributed by atoms with E-state index in [4.69, 9.17) is 9.84 Å². The van der Waals surface area contributed by atoms with Crippen molar-refractivity contribution in [3.05, 3.63) is 65.2 Å². The van der Waals surface area contributed by atoms with Gasteiger partial charge in [0.2, 0.25) is 0 Å². The Morgan fingerprint density at radius 2 is 1.46 bits per heavy atom. The lowest BCUT2D eigenvalue weighted by Gasteiger charge is -2.19. The van der Waals surface area contributed by atoms with E-state index in [1.165, 1.54) is 0 Å². The van der Waals surface area contributed by atoms with E-state index >= 15 is 0 Å². The molecule has 0 radical (unpaired) electrons. The molecule has 0 aliphatic rings. The predicted molar refractivity (Wildman–Crippen MR) is 100 cm³/mol. The molecule has 0 aliphatic carbocycles. The van der Waals surface area contributed by atoms with Crippen molar-refractivity contribution in [3.63, 3.8) is 0 Å². The van der Waals surface area contributed by atoms with Crippen LogP contribution >= 0.6 is 0 Å². The van der Waals surface area contributed by atoms with Crippen molar-refractivity contribution in [2.75, 3.05) is 5.32 Å². The van der Waals surface area contributed by atoms with Crippen LogP contribution in [0.15, 0.2) is 48.5 Å². The first kappa shape index (κ1) is 19.3. The third-order valence-corrected chi connectivity index (χ3v) is 3.49. The van der Waals surface area contributed by atoms with Crippen molar-refractivity contribution in [1.29, 1.82) is 0 Å². The molecule has 0 bridgehead atoms. The molecule has 0 atom stereocenters. The molecule has 2 rings (SSSR count). The highest BCUT2D eigenvalue weighted by molar-refractivity contribution is 5.87. The molecule has 26 heavy (non-hydrogen) atoms. The van der Waals surface area contributed by atoms with Gasteiger partial charge in [-0.25, -0.2) is 9.59 Å². The topological polar surface area (TPSA) is 87.7 Å². The van der Waals surface area contributed by atoms with Crippen molar-refractivity contribution in [1.82, 2.24) is 5.32 Å². The third-order valence-electron chi connectivity index (χ3n) is 3.49. The molecule has 3 N–H and O–H groups in total. The molecule has 1 amide bonds. The highest BCUT2D eigenvalue weighted by Crippen LogP contribution is 2.13. The number of carbonyl (C=O) groups excluding carboxylic acids is 1. The summed E-state index contributed by atoms with van der Waals surface area (Å²) in [4.78, 5) is 22.5. The van der Waals surface area contributed by atoms with E-state index in [-0.39, 0.29) is 5.56 Å². The van der Waals surface area contributed by atoms with Crippen molar-refractivity contribution in [3.8, 4) is 0 Å². The number of rotatable bonds is 6.